The van der Waals surface area contributed by atoms with Gasteiger partial charge in [0.2, 0.25) is 0 Å². The smallest absolute Gasteiger partial charge is 0.405 e. The highest BCUT2D eigenvalue weighted by molar-refractivity contribution is 5.95. The van der Waals surface area contributed by atoms with E-state index in [-0.39, 0.29) is 24.4 Å². The summed E-state index contributed by atoms with van der Waals surface area (Å²) in [6, 6.07) is 12.6. The van der Waals surface area contributed by atoms with Crippen LogP contribution in [0.4, 0.5) is 18.9 Å². The number of amides is 1. The molecule has 0 spiro atoms. The number of aliphatic hydroxyl groups is 1. The van der Waals surface area contributed by atoms with E-state index in [2.05, 4.69) is 5.32 Å². The molecule has 0 saturated carbocycles. The summed E-state index contributed by atoms with van der Waals surface area (Å²) in [5.41, 5.74) is 6.05. The van der Waals surface area contributed by atoms with Gasteiger partial charge in [0.25, 0.3) is 5.91 Å². The zero-order valence-corrected chi connectivity index (χ0v) is 16.4. The van der Waals surface area contributed by atoms with Crippen molar-refractivity contribution >= 4 is 11.6 Å². The number of anilines is 1. The molecular weight excluding hydrogens is 399 g/mol. The number of benzene rings is 2. The number of nitrogens with one attached hydrogen (secondary N) is 1. The second kappa shape index (κ2) is 10.8. The van der Waals surface area contributed by atoms with Crippen LogP contribution in [0.15, 0.2) is 48.5 Å². The monoisotopic (exact) mass is 425 g/mol. The molecule has 9 heteroatoms. The fourth-order valence-electron chi connectivity index (χ4n) is 3.02. The number of para-hydroxylation sites is 1. The Hall–Kier alpha value is -2.78. The molecule has 0 radical (unpaired) electrons. The molecule has 0 saturated heterocycles. The number of unbranched alkanes of at least 4 members (excludes halogenated alkanes) is 1. The quantitative estimate of drug-likeness (QED) is 0.415. The number of nitrogens with two attached hydrogens (primary N) is 1. The summed E-state index contributed by atoms with van der Waals surface area (Å²) in [4.78, 5) is 12.6. The lowest BCUT2D eigenvalue weighted by Crippen LogP contribution is -2.35. The topological polar surface area (TPSA) is 98.8 Å². The Balaban J connectivity index is 1.77. The molecule has 164 valence electrons. The zero-order chi connectivity index (χ0) is 22.1. The largest absolute Gasteiger partial charge is 0.507 e. The molecule has 0 heterocycles. The first-order valence-electron chi connectivity index (χ1n) is 9.55. The Kier molecular flexibility index (Phi) is 8.49. The van der Waals surface area contributed by atoms with Gasteiger partial charge in [0, 0.05) is 18.8 Å². The Morgan fingerprint density at radius 2 is 1.83 bits per heavy atom. The minimum atomic E-state index is -4.29. The molecule has 2 aromatic rings. The van der Waals surface area contributed by atoms with E-state index >= 15 is 0 Å². The highest BCUT2D eigenvalue weighted by atomic mass is 19.4. The van der Waals surface area contributed by atoms with E-state index in [0.29, 0.717) is 30.6 Å². The Morgan fingerprint density at radius 3 is 2.47 bits per heavy atom. The van der Waals surface area contributed by atoms with Crippen molar-refractivity contribution in [2.45, 2.75) is 25.1 Å². The number of alkyl halides is 3. The van der Waals surface area contributed by atoms with E-state index in [4.69, 9.17) is 5.73 Å². The summed E-state index contributed by atoms with van der Waals surface area (Å²) in [5, 5.41) is 22.8. The number of phenols is 1. The minimum absolute atomic E-state index is 0.0720. The lowest BCUT2D eigenvalue weighted by Gasteiger charge is -2.26. The Labute approximate surface area is 173 Å². The lowest BCUT2D eigenvalue weighted by molar-refractivity contribution is -0.119. The number of hydrogen-bond donors (Lipinski definition) is 4. The summed E-state index contributed by atoms with van der Waals surface area (Å²) >= 11 is 0. The van der Waals surface area contributed by atoms with Crippen LogP contribution in [0.5, 0.6) is 5.75 Å². The van der Waals surface area contributed by atoms with E-state index in [0.717, 1.165) is 0 Å². The number of aliphatic hydroxyl groups excluding tert-OH is 1. The fraction of sp³-hybridized carbons (Fsp3) is 0.381. The third kappa shape index (κ3) is 7.57. The minimum Gasteiger partial charge on any atom is -0.507 e. The molecule has 0 fully saturated rings. The normalized spacial score (nSPS) is 12.5. The average molecular weight is 425 g/mol. The summed E-state index contributed by atoms with van der Waals surface area (Å²) < 4.78 is 38.5. The first-order chi connectivity index (χ1) is 14.2. The van der Waals surface area contributed by atoms with Crippen molar-refractivity contribution in [2.24, 2.45) is 5.73 Å². The van der Waals surface area contributed by atoms with Crippen molar-refractivity contribution in [3.63, 3.8) is 0 Å². The van der Waals surface area contributed by atoms with Crippen LogP contribution in [0.3, 0.4) is 0 Å². The molecule has 6 nitrogen and oxygen atoms in total. The molecule has 0 aromatic heterocycles. The van der Waals surface area contributed by atoms with Crippen molar-refractivity contribution < 1.29 is 28.2 Å². The van der Waals surface area contributed by atoms with Crippen molar-refractivity contribution in [3.05, 3.63) is 59.7 Å². The van der Waals surface area contributed by atoms with Crippen LogP contribution in [0.1, 0.15) is 34.9 Å². The van der Waals surface area contributed by atoms with Gasteiger partial charge in [0.05, 0.1) is 11.7 Å². The lowest BCUT2D eigenvalue weighted by atomic mass is 10.0. The number of nitrogens with zero attached hydrogens (tertiary/aromatic N) is 1. The highest BCUT2D eigenvalue weighted by Gasteiger charge is 2.30. The number of aromatic hydroxyl groups is 1. The van der Waals surface area contributed by atoms with Gasteiger partial charge in [-0.15, -0.1) is 0 Å². The van der Waals surface area contributed by atoms with E-state index < -0.39 is 24.7 Å². The van der Waals surface area contributed by atoms with Crippen molar-refractivity contribution in [1.82, 2.24) is 5.32 Å². The predicted octanol–water partition coefficient (Wildman–Crippen LogP) is 2.96. The standard InChI is InChI=1S/C21H26F3N3O3/c22-21(23,24)14-27(16-6-2-1-3-7-16)11-5-4-10-26-13-19(29)15-8-9-18(28)17(12-15)20(25)30/h1-3,6-9,12,19,26,28-29H,4-5,10-11,13-14H2,(H2,25,30). The molecule has 2 aromatic carbocycles. The number of carbonyl (C=O) groups excluding carboxylic acids is 1. The first kappa shape index (κ1) is 23.5. The van der Waals surface area contributed by atoms with Gasteiger partial charge in [-0.2, -0.15) is 13.2 Å². The van der Waals surface area contributed by atoms with Crippen LogP contribution >= 0.6 is 0 Å². The van der Waals surface area contributed by atoms with Gasteiger partial charge in [-0.05, 0) is 49.2 Å². The first-order valence-corrected chi connectivity index (χ1v) is 9.55. The zero-order valence-electron chi connectivity index (χ0n) is 16.4. The number of carbonyl (C=O) groups is 1. The molecule has 0 aliphatic rings. The number of halogens is 3. The van der Waals surface area contributed by atoms with E-state index in [1.165, 1.54) is 23.1 Å². The van der Waals surface area contributed by atoms with Crippen LogP contribution in [0.25, 0.3) is 0 Å². The van der Waals surface area contributed by atoms with Crippen molar-refractivity contribution in [1.29, 1.82) is 0 Å². The second-order valence-corrected chi connectivity index (χ2v) is 6.94. The molecule has 1 amide bonds. The van der Waals surface area contributed by atoms with Gasteiger partial charge in [0.1, 0.15) is 12.3 Å². The molecule has 0 bridgehead atoms. The maximum atomic E-state index is 12.8. The number of primary amides is 1. The van der Waals surface area contributed by atoms with E-state index in [1.807, 2.05) is 0 Å². The van der Waals surface area contributed by atoms with Gasteiger partial charge in [-0.1, -0.05) is 24.3 Å². The van der Waals surface area contributed by atoms with Crippen LogP contribution < -0.4 is 16.0 Å². The average Bonchev–Trinajstić information content (AvgIpc) is 2.69. The highest BCUT2D eigenvalue weighted by Crippen LogP contribution is 2.23. The van der Waals surface area contributed by atoms with E-state index in [9.17, 15) is 28.2 Å². The Morgan fingerprint density at radius 1 is 1.13 bits per heavy atom. The molecule has 30 heavy (non-hydrogen) atoms. The molecular formula is C21H26F3N3O3. The maximum Gasteiger partial charge on any atom is 0.405 e. The van der Waals surface area contributed by atoms with Crippen LogP contribution in [-0.4, -0.2) is 48.5 Å². The van der Waals surface area contributed by atoms with Crippen LogP contribution in [0.2, 0.25) is 0 Å². The molecule has 0 aliphatic carbocycles. The number of hydrogen-bond acceptors (Lipinski definition) is 5. The molecule has 1 unspecified atom stereocenters. The maximum absolute atomic E-state index is 12.8. The van der Waals surface area contributed by atoms with Crippen LogP contribution in [-0.2, 0) is 0 Å². The summed E-state index contributed by atoms with van der Waals surface area (Å²) in [6.45, 7) is -0.0553. The third-order valence-corrected chi connectivity index (χ3v) is 4.53. The summed E-state index contributed by atoms with van der Waals surface area (Å²) in [7, 11) is 0. The predicted molar refractivity (Wildman–Crippen MR) is 108 cm³/mol. The SMILES string of the molecule is NC(=O)c1cc(C(O)CNCCCCN(CC(F)(F)F)c2ccccc2)ccc1O. The molecule has 2 rings (SSSR count). The summed E-state index contributed by atoms with van der Waals surface area (Å²) in [5.74, 6) is -1.05. The van der Waals surface area contributed by atoms with Crippen LogP contribution in [0, 0.1) is 0 Å². The third-order valence-electron chi connectivity index (χ3n) is 4.53. The van der Waals surface area contributed by atoms with E-state index in [1.54, 1.807) is 30.3 Å². The summed E-state index contributed by atoms with van der Waals surface area (Å²) in [6.07, 6.45) is -4.05. The molecule has 0 aliphatic heterocycles. The fourth-order valence-corrected chi connectivity index (χ4v) is 3.02. The van der Waals surface area contributed by atoms with Crippen molar-refractivity contribution in [3.8, 4) is 5.75 Å². The van der Waals surface area contributed by atoms with Gasteiger partial charge in [0.15, 0.2) is 0 Å². The van der Waals surface area contributed by atoms with Gasteiger partial charge >= 0.3 is 6.18 Å². The molecule has 5 N–H and O–H groups in total. The Bertz CT molecular complexity index is 816. The number of rotatable bonds is 11. The second-order valence-electron chi connectivity index (χ2n) is 6.94. The van der Waals surface area contributed by atoms with Crippen molar-refractivity contribution in [2.75, 3.05) is 31.1 Å². The van der Waals surface area contributed by atoms with Gasteiger partial charge < -0.3 is 26.2 Å². The molecule has 1 atom stereocenters. The van der Waals surface area contributed by atoms with Gasteiger partial charge in [-0.3, -0.25) is 4.79 Å². The van der Waals surface area contributed by atoms with Gasteiger partial charge in [-0.25, -0.2) is 0 Å².